The molecule has 4 nitrogen and oxygen atoms in total. The van der Waals surface area contributed by atoms with Crippen LogP contribution in [-0.2, 0) is 6.54 Å². The van der Waals surface area contributed by atoms with Crippen molar-refractivity contribution in [3.8, 4) is 5.75 Å². The molecule has 0 N–H and O–H groups in total. The van der Waals surface area contributed by atoms with Gasteiger partial charge in [-0.15, -0.1) is 0 Å². The Kier molecular flexibility index (Phi) is 3.52. The molecule has 0 aliphatic carbocycles. The van der Waals surface area contributed by atoms with Gasteiger partial charge in [-0.2, -0.15) is 0 Å². The average molecular weight is 381 g/mol. The second-order valence-electron chi connectivity index (χ2n) is 4.38. The summed E-state index contributed by atoms with van der Waals surface area (Å²) in [5.74, 6) is 0.410. The highest BCUT2D eigenvalue weighted by molar-refractivity contribution is 14.1. The maximum Gasteiger partial charge on any atom is 0.420 e. The number of aromatic nitrogens is 1. The van der Waals surface area contributed by atoms with Crippen molar-refractivity contribution in [3.05, 3.63) is 62.1 Å². The lowest BCUT2D eigenvalue weighted by atomic mass is 10.2. The van der Waals surface area contributed by atoms with Gasteiger partial charge in [0.25, 0.3) is 0 Å². The summed E-state index contributed by atoms with van der Waals surface area (Å²) in [4.78, 5) is 12.0. The van der Waals surface area contributed by atoms with Crippen LogP contribution in [0.1, 0.15) is 5.56 Å². The van der Waals surface area contributed by atoms with Crippen molar-refractivity contribution in [2.45, 2.75) is 6.54 Å². The first kappa shape index (κ1) is 13.2. The van der Waals surface area contributed by atoms with Crippen LogP contribution in [0.5, 0.6) is 5.75 Å². The first-order valence-electron chi connectivity index (χ1n) is 6.10. The summed E-state index contributed by atoms with van der Waals surface area (Å²) < 4.78 is 13.3. The number of hydrogen-bond acceptors (Lipinski definition) is 3. The molecule has 1 aromatic heterocycles. The lowest BCUT2D eigenvalue weighted by Crippen LogP contribution is -2.15. The quantitative estimate of drug-likeness (QED) is 0.655. The first-order chi connectivity index (χ1) is 9.69. The molecule has 3 aromatic rings. The van der Waals surface area contributed by atoms with Gasteiger partial charge in [0.15, 0.2) is 5.58 Å². The van der Waals surface area contributed by atoms with Crippen LogP contribution in [0.4, 0.5) is 0 Å². The number of para-hydroxylation sites is 1. The molecule has 2 aromatic carbocycles. The van der Waals surface area contributed by atoms with Crippen molar-refractivity contribution >= 4 is 33.7 Å². The Morgan fingerprint density at radius 2 is 2.05 bits per heavy atom. The molecular formula is C15H12INO3. The van der Waals surface area contributed by atoms with Gasteiger partial charge in [0.05, 0.1) is 19.2 Å². The Balaban J connectivity index is 2.13. The van der Waals surface area contributed by atoms with E-state index in [-0.39, 0.29) is 5.76 Å². The standard InChI is InChI=1S/C15H12INO3/c1-19-13-5-3-2-4-10(13)9-17-12-8-11(16)6-7-14(12)20-15(17)18/h2-8H,9H2,1H3. The molecule has 0 amide bonds. The monoisotopic (exact) mass is 381 g/mol. The Hall–Kier alpha value is -1.76. The molecule has 0 saturated heterocycles. The zero-order valence-electron chi connectivity index (χ0n) is 10.8. The van der Waals surface area contributed by atoms with Gasteiger partial charge < -0.3 is 9.15 Å². The van der Waals surface area contributed by atoms with Gasteiger partial charge in [-0.05, 0) is 46.9 Å². The number of benzene rings is 2. The van der Waals surface area contributed by atoms with Crippen LogP contribution < -0.4 is 10.5 Å². The third-order valence-corrected chi connectivity index (χ3v) is 3.82. The molecule has 0 aliphatic rings. The number of halogens is 1. The van der Waals surface area contributed by atoms with Gasteiger partial charge >= 0.3 is 5.76 Å². The van der Waals surface area contributed by atoms with Crippen LogP contribution in [0.3, 0.4) is 0 Å². The van der Waals surface area contributed by atoms with Crippen LogP contribution in [0.25, 0.3) is 11.1 Å². The molecule has 5 heteroatoms. The predicted octanol–water partition coefficient (Wildman–Crippen LogP) is 3.26. The van der Waals surface area contributed by atoms with E-state index < -0.39 is 0 Å². The van der Waals surface area contributed by atoms with E-state index in [1.54, 1.807) is 11.7 Å². The molecule has 0 spiro atoms. The molecule has 0 aliphatic heterocycles. The Labute approximate surface area is 129 Å². The van der Waals surface area contributed by atoms with Crippen LogP contribution in [0, 0.1) is 3.57 Å². The van der Waals surface area contributed by atoms with Crippen LogP contribution >= 0.6 is 22.6 Å². The summed E-state index contributed by atoms with van der Waals surface area (Å²) in [5.41, 5.74) is 2.34. The molecular weight excluding hydrogens is 369 g/mol. The zero-order valence-corrected chi connectivity index (χ0v) is 13.0. The van der Waals surface area contributed by atoms with Gasteiger partial charge in [0, 0.05) is 9.13 Å². The lowest BCUT2D eigenvalue weighted by molar-refractivity contribution is 0.407. The Bertz CT molecular complexity index is 819. The average Bonchev–Trinajstić information content (AvgIpc) is 2.76. The molecule has 3 rings (SSSR count). The normalized spacial score (nSPS) is 10.9. The van der Waals surface area contributed by atoms with Gasteiger partial charge in [0.1, 0.15) is 5.75 Å². The van der Waals surface area contributed by atoms with Crippen molar-refractivity contribution in [2.24, 2.45) is 0 Å². The lowest BCUT2D eigenvalue weighted by Gasteiger charge is -2.08. The minimum absolute atomic E-state index is 0.354. The highest BCUT2D eigenvalue weighted by atomic mass is 127. The zero-order chi connectivity index (χ0) is 14.1. The number of oxazole rings is 1. The Morgan fingerprint density at radius 3 is 2.85 bits per heavy atom. The molecule has 0 radical (unpaired) electrons. The van der Waals surface area contributed by atoms with Crippen molar-refractivity contribution in [1.82, 2.24) is 4.57 Å². The molecule has 0 unspecified atom stereocenters. The largest absolute Gasteiger partial charge is 0.496 e. The highest BCUT2D eigenvalue weighted by Gasteiger charge is 2.12. The second kappa shape index (κ2) is 5.32. The van der Waals surface area contributed by atoms with E-state index in [9.17, 15) is 4.79 Å². The van der Waals surface area contributed by atoms with Gasteiger partial charge in [0.2, 0.25) is 0 Å². The molecule has 0 bridgehead atoms. The maximum atomic E-state index is 12.0. The molecule has 20 heavy (non-hydrogen) atoms. The number of nitrogens with zero attached hydrogens (tertiary/aromatic N) is 1. The number of hydrogen-bond donors (Lipinski definition) is 0. The first-order valence-corrected chi connectivity index (χ1v) is 7.17. The predicted molar refractivity (Wildman–Crippen MR) is 85.3 cm³/mol. The van der Waals surface area contributed by atoms with Crippen molar-refractivity contribution < 1.29 is 9.15 Å². The second-order valence-corrected chi connectivity index (χ2v) is 5.62. The number of methoxy groups -OCH3 is 1. The van der Waals surface area contributed by atoms with Crippen molar-refractivity contribution in [2.75, 3.05) is 7.11 Å². The topological polar surface area (TPSA) is 44.4 Å². The summed E-state index contributed by atoms with van der Waals surface area (Å²) in [5, 5.41) is 0. The Morgan fingerprint density at radius 1 is 1.25 bits per heavy atom. The van der Waals surface area contributed by atoms with Crippen LogP contribution in [0.15, 0.2) is 51.7 Å². The molecule has 0 atom stereocenters. The van der Waals surface area contributed by atoms with E-state index in [2.05, 4.69) is 22.6 Å². The number of fused-ring (bicyclic) bond motifs is 1. The molecule has 0 saturated carbocycles. The van der Waals surface area contributed by atoms with Crippen molar-refractivity contribution in [1.29, 1.82) is 0 Å². The maximum absolute atomic E-state index is 12.0. The van der Waals surface area contributed by atoms with Crippen LogP contribution in [-0.4, -0.2) is 11.7 Å². The highest BCUT2D eigenvalue weighted by Crippen LogP contribution is 2.21. The third kappa shape index (κ3) is 2.33. The van der Waals surface area contributed by atoms with E-state index in [1.807, 2.05) is 42.5 Å². The molecule has 0 fully saturated rings. The molecule has 102 valence electrons. The van der Waals surface area contributed by atoms with Gasteiger partial charge in [-0.1, -0.05) is 18.2 Å². The fraction of sp³-hybridized carbons (Fsp3) is 0.133. The van der Waals surface area contributed by atoms with Crippen LogP contribution in [0.2, 0.25) is 0 Å². The van der Waals surface area contributed by atoms with Gasteiger partial charge in [-0.3, -0.25) is 4.57 Å². The smallest absolute Gasteiger partial charge is 0.420 e. The van der Waals surface area contributed by atoms with E-state index in [4.69, 9.17) is 9.15 Å². The van der Waals surface area contributed by atoms with Gasteiger partial charge in [-0.25, -0.2) is 4.79 Å². The summed E-state index contributed by atoms with van der Waals surface area (Å²) in [7, 11) is 1.62. The summed E-state index contributed by atoms with van der Waals surface area (Å²) in [6.07, 6.45) is 0. The number of rotatable bonds is 3. The molecule has 1 heterocycles. The van der Waals surface area contributed by atoms with E-state index in [0.717, 1.165) is 20.4 Å². The van der Waals surface area contributed by atoms with E-state index in [1.165, 1.54) is 0 Å². The summed E-state index contributed by atoms with van der Waals surface area (Å²) >= 11 is 2.22. The fourth-order valence-electron chi connectivity index (χ4n) is 2.19. The van der Waals surface area contributed by atoms with Crippen molar-refractivity contribution in [3.63, 3.8) is 0 Å². The van der Waals surface area contributed by atoms with E-state index >= 15 is 0 Å². The van der Waals surface area contributed by atoms with E-state index in [0.29, 0.717) is 12.1 Å². The fourth-order valence-corrected chi connectivity index (χ4v) is 2.66. The minimum atomic E-state index is -0.354. The third-order valence-electron chi connectivity index (χ3n) is 3.15. The summed E-state index contributed by atoms with van der Waals surface area (Å²) in [6.45, 7) is 0.427. The summed E-state index contributed by atoms with van der Waals surface area (Å²) in [6, 6.07) is 13.3. The minimum Gasteiger partial charge on any atom is -0.496 e. The SMILES string of the molecule is COc1ccccc1Cn1c(=O)oc2ccc(I)cc21. The number of ether oxygens (including phenoxy) is 1.